The van der Waals surface area contributed by atoms with E-state index in [9.17, 15) is 0 Å². The zero-order valence-electron chi connectivity index (χ0n) is 13.8. The number of rotatable bonds is 6. The lowest BCUT2D eigenvalue weighted by Crippen LogP contribution is -2.06. The van der Waals surface area contributed by atoms with Crippen LogP contribution in [0.15, 0.2) is 60.9 Å². The molecule has 0 bridgehead atoms. The summed E-state index contributed by atoms with van der Waals surface area (Å²) < 4.78 is 0. The summed E-state index contributed by atoms with van der Waals surface area (Å²) in [6.07, 6.45) is 10.0. The molecule has 124 valence electrons. The summed E-state index contributed by atoms with van der Waals surface area (Å²) in [5.41, 5.74) is 3.06. The molecule has 1 aromatic carbocycles. The summed E-state index contributed by atoms with van der Waals surface area (Å²) in [5.74, 6) is 1.47. The molecule has 25 heavy (non-hydrogen) atoms. The SMILES string of the molecule is C(=Cc1ccccn1)c1ccc(Nc2ccnc(NC3CC3)n2)cc1. The number of aromatic nitrogens is 3. The Morgan fingerprint density at radius 1 is 0.880 bits per heavy atom. The van der Waals surface area contributed by atoms with Gasteiger partial charge in [-0.05, 0) is 54.8 Å². The molecule has 1 aliphatic rings. The Hall–Kier alpha value is -3.21. The van der Waals surface area contributed by atoms with E-state index in [0.29, 0.717) is 12.0 Å². The molecule has 2 heterocycles. The number of hydrogen-bond donors (Lipinski definition) is 2. The van der Waals surface area contributed by atoms with Crippen LogP contribution in [0.3, 0.4) is 0 Å². The molecule has 1 saturated carbocycles. The van der Waals surface area contributed by atoms with Crippen LogP contribution >= 0.6 is 0 Å². The predicted molar refractivity (Wildman–Crippen MR) is 102 cm³/mol. The molecule has 0 unspecified atom stereocenters. The van der Waals surface area contributed by atoms with Crippen molar-refractivity contribution in [2.75, 3.05) is 10.6 Å². The van der Waals surface area contributed by atoms with Gasteiger partial charge in [-0.15, -0.1) is 0 Å². The molecule has 0 amide bonds. The fraction of sp³-hybridized carbons (Fsp3) is 0.150. The lowest BCUT2D eigenvalue weighted by atomic mass is 10.2. The zero-order chi connectivity index (χ0) is 16.9. The Bertz CT molecular complexity index is 855. The lowest BCUT2D eigenvalue weighted by molar-refractivity contribution is 1.05. The van der Waals surface area contributed by atoms with Gasteiger partial charge in [0.05, 0.1) is 5.69 Å². The van der Waals surface area contributed by atoms with E-state index < -0.39 is 0 Å². The number of anilines is 3. The van der Waals surface area contributed by atoms with Crippen molar-refractivity contribution in [1.82, 2.24) is 15.0 Å². The van der Waals surface area contributed by atoms with Crippen LogP contribution < -0.4 is 10.6 Å². The third-order valence-corrected chi connectivity index (χ3v) is 3.88. The van der Waals surface area contributed by atoms with Crippen LogP contribution in [0, 0.1) is 0 Å². The van der Waals surface area contributed by atoms with E-state index in [1.165, 1.54) is 12.8 Å². The normalized spacial score (nSPS) is 13.8. The fourth-order valence-electron chi connectivity index (χ4n) is 2.39. The van der Waals surface area contributed by atoms with Crippen molar-refractivity contribution >= 4 is 29.6 Å². The molecule has 2 aromatic heterocycles. The Kier molecular flexibility index (Phi) is 4.37. The zero-order valence-corrected chi connectivity index (χ0v) is 13.8. The van der Waals surface area contributed by atoms with Gasteiger partial charge in [-0.25, -0.2) is 4.98 Å². The minimum Gasteiger partial charge on any atom is -0.351 e. The summed E-state index contributed by atoms with van der Waals surface area (Å²) in [7, 11) is 0. The minimum absolute atomic E-state index is 0.542. The number of hydrogen-bond acceptors (Lipinski definition) is 5. The first-order chi connectivity index (χ1) is 12.3. The average molecular weight is 329 g/mol. The maximum absolute atomic E-state index is 4.49. The smallest absolute Gasteiger partial charge is 0.224 e. The molecule has 3 aromatic rings. The quantitative estimate of drug-likeness (QED) is 0.703. The van der Waals surface area contributed by atoms with Gasteiger partial charge in [0, 0.05) is 24.1 Å². The monoisotopic (exact) mass is 329 g/mol. The van der Waals surface area contributed by atoms with Gasteiger partial charge in [0.2, 0.25) is 5.95 Å². The topological polar surface area (TPSA) is 62.7 Å². The predicted octanol–water partition coefficient (Wildman–Crippen LogP) is 4.36. The maximum Gasteiger partial charge on any atom is 0.224 e. The van der Waals surface area contributed by atoms with Gasteiger partial charge in [-0.1, -0.05) is 24.3 Å². The Labute approximate surface area is 146 Å². The highest BCUT2D eigenvalue weighted by Crippen LogP contribution is 2.23. The van der Waals surface area contributed by atoms with E-state index in [4.69, 9.17) is 0 Å². The number of nitrogens with zero attached hydrogens (tertiary/aromatic N) is 3. The van der Waals surface area contributed by atoms with Gasteiger partial charge in [0.1, 0.15) is 5.82 Å². The Balaban J connectivity index is 1.41. The van der Waals surface area contributed by atoms with Crippen LogP contribution in [-0.2, 0) is 0 Å². The minimum atomic E-state index is 0.542. The third kappa shape index (κ3) is 4.41. The highest BCUT2D eigenvalue weighted by atomic mass is 15.2. The molecule has 4 rings (SSSR count). The largest absolute Gasteiger partial charge is 0.351 e. The molecule has 0 atom stereocenters. The van der Waals surface area contributed by atoms with Crippen molar-refractivity contribution in [3.63, 3.8) is 0 Å². The van der Waals surface area contributed by atoms with Gasteiger partial charge >= 0.3 is 0 Å². The molecular formula is C20H19N5. The van der Waals surface area contributed by atoms with Crippen molar-refractivity contribution in [3.8, 4) is 0 Å². The van der Waals surface area contributed by atoms with E-state index in [-0.39, 0.29) is 0 Å². The second-order valence-electron chi connectivity index (χ2n) is 6.02. The van der Waals surface area contributed by atoms with Gasteiger partial charge in [-0.3, -0.25) is 4.98 Å². The maximum atomic E-state index is 4.49. The van der Waals surface area contributed by atoms with Gasteiger partial charge < -0.3 is 10.6 Å². The molecule has 5 nitrogen and oxygen atoms in total. The summed E-state index contributed by atoms with van der Waals surface area (Å²) in [6.45, 7) is 0. The standard InChI is InChI=1S/C20H19N5/c1-2-13-21-16(3-1)7-4-15-5-8-17(9-6-15)23-19-12-14-22-20(25-19)24-18-10-11-18/h1-9,12-14,18H,10-11H2,(H2,22,23,24,25). The first-order valence-corrected chi connectivity index (χ1v) is 8.41. The average Bonchev–Trinajstić information content (AvgIpc) is 3.46. The van der Waals surface area contributed by atoms with Gasteiger partial charge in [0.15, 0.2) is 0 Å². The molecule has 0 aliphatic heterocycles. The molecule has 1 aliphatic carbocycles. The molecule has 0 radical (unpaired) electrons. The Morgan fingerprint density at radius 3 is 2.52 bits per heavy atom. The second kappa shape index (κ2) is 7.13. The Morgan fingerprint density at radius 2 is 1.76 bits per heavy atom. The number of nitrogens with one attached hydrogen (secondary N) is 2. The van der Waals surface area contributed by atoms with Crippen LogP contribution in [0.1, 0.15) is 24.1 Å². The summed E-state index contributed by atoms with van der Waals surface area (Å²) in [4.78, 5) is 13.0. The first kappa shape index (κ1) is 15.3. The van der Waals surface area contributed by atoms with Crippen LogP contribution in [-0.4, -0.2) is 21.0 Å². The van der Waals surface area contributed by atoms with E-state index in [0.717, 1.165) is 22.8 Å². The van der Waals surface area contributed by atoms with Crippen LogP contribution in [0.5, 0.6) is 0 Å². The van der Waals surface area contributed by atoms with Crippen LogP contribution in [0.4, 0.5) is 17.5 Å². The van der Waals surface area contributed by atoms with Gasteiger partial charge in [0.25, 0.3) is 0 Å². The molecule has 0 spiro atoms. The third-order valence-electron chi connectivity index (χ3n) is 3.88. The van der Waals surface area contributed by atoms with Crippen LogP contribution in [0.2, 0.25) is 0 Å². The van der Waals surface area contributed by atoms with Crippen molar-refractivity contribution in [2.45, 2.75) is 18.9 Å². The van der Waals surface area contributed by atoms with E-state index in [1.807, 2.05) is 42.5 Å². The first-order valence-electron chi connectivity index (χ1n) is 8.41. The summed E-state index contributed by atoms with van der Waals surface area (Å²) in [5, 5.41) is 6.62. The van der Waals surface area contributed by atoms with Crippen LogP contribution in [0.25, 0.3) is 12.2 Å². The molecule has 2 N–H and O–H groups in total. The molecule has 0 saturated heterocycles. The second-order valence-corrected chi connectivity index (χ2v) is 6.02. The van der Waals surface area contributed by atoms with E-state index >= 15 is 0 Å². The lowest BCUT2D eigenvalue weighted by Gasteiger charge is -2.08. The fourth-order valence-corrected chi connectivity index (χ4v) is 2.39. The van der Waals surface area contributed by atoms with E-state index in [1.54, 1.807) is 12.4 Å². The summed E-state index contributed by atoms with van der Waals surface area (Å²) in [6, 6.07) is 16.5. The van der Waals surface area contributed by atoms with Gasteiger partial charge in [-0.2, -0.15) is 4.98 Å². The summed E-state index contributed by atoms with van der Waals surface area (Å²) >= 11 is 0. The highest BCUT2D eigenvalue weighted by Gasteiger charge is 2.21. The van der Waals surface area contributed by atoms with Crippen molar-refractivity contribution in [2.24, 2.45) is 0 Å². The molecule has 5 heteroatoms. The van der Waals surface area contributed by atoms with Crippen molar-refractivity contribution in [3.05, 3.63) is 72.2 Å². The number of pyridine rings is 1. The van der Waals surface area contributed by atoms with Crippen molar-refractivity contribution in [1.29, 1.82) is 0 Å². The highest BCUT2D eigenvalue weighted by molar-refractivity contribution is 5.69. The molecule has 1 fully saturated rings. The number of benzene rings is 1. The van der Waals surface area contributed by atoms with Crippen molar-refractivity contribution < 1.29 is 0 Å². The van der Waals surface area contributed by atoms with E-state index in [2.05, 4.69) is 43.8 Å². The molecular weight excluding hydrogens is 310 g/mol.